The Kier molecular flexibility index (Phi) is 11.3. The molecule has 0 spiro atoms. The van der Waals surface area contributed by atoms with Crippen molar-refractivity contribution in [3.05, 3.63) is 248 Å². The van der Waals surface area contributed by atoms with Gasteiger partial charge in [-0.05, 0) is 116 Å². The van der Waals surface area contributed by atoms with E-state index in [0.29, 0.717) is 5.82 Å². The first kappa shape index (κ1) is 46.7. The van der Waals surface area contributed by atoms with Gasteiger partial charge in [0.15, 0.2) is 5.82 Å². The van der Waals surface area contributed by atoms with Crippen LogP contribution in [-0.4, -0.2) is 14.5 Å². The summed E-state index contributed by atoms with van der Waals surface area (Å²) in [4.78, 5) is 11.0. The Labute approximate surface area is 444 Å². The summed E-state index contributed by atoms with van der Waals surface area (Å²) in [7, 11) is 0. The number of benzene rings is 10. The molecule has 0 radical (unpaired) electrons. The molecule has 0 aliphatic carbocycles. The van der Waals surface area contributed by atoms with Gasteiger partial charge in [0.25, 0.3) is 0 Å². The molecule has 0 atom stereocenters. The van der Waals surface area contributed by atoms with Crippen LogP contribution in [0, 0.1) is 0 Å². The number of nitrogens with zero attached hydrogens (tertiary/aromatic N) is 3. The standard InChI is InChI=1S/C72H57N3O/c1-71(2,3)55-33-26-48(27-34-55)59-42-54(70-73-63(50-22-14-9-15-23-50)45-64(74-70)53-30-37-58-57-24-16-17-25-67(57)76-68(58)44-53)43-60(49-28-35-56(36-29-49)72(4,5)6)69(59)75-65-38-31-51(46-18-10-7-11-19-46)40-61(65)62-41-52(32-39-66(62)75)47-20-12-8-13-21-47/h7-45H,1-6H3. The molecule has 4 heteroatoms. The van der Waals surface area contributed by atoms with Crippen LogP contribution in [0.25, 0.3) is 128 Å². The van der Waals surface area contributed by atoms with E-state index < -0.39 is 0 Å². The summed E-state index contributed by atoms with van der Waals surface area (Å²) in [6.45, 7) is 13.7. The average Bonchev–Trinajstić information content (AvgIpc) is 4.00. The van der Waals surface area contributed by atoms with Crippen molar-refractivity contribution in [2.75, 3.05) is 0 Å². The maximum Gasteiger partial charge on any atom is 0.160 e. The molecule has 3 aromatic heterocycles. The Hall–Kier alpha value is -9.12. The Morgan fingerprint density at radius 3 is 1.26 bits per heavy atom. The van der Waals surface area contributed by atoms with Gasteiger partial charge in [0.05, 0.1) is 28.1 Å². The first-order valence-corrected chi connectivity index (χ1v) is 26.4. The first-order chi connectivity index (χ1) is 36.9. The van der Waals surface area contributed by atoms with Gasteiger partial charge >= 0.3 is 0 Å². The molecule has 3 heterocycles. The molecule has 13 aromatic rings. The van der Waals surface area contributed by atoms with Crippen molar-refractivity contribution in [3.8, 4) is 84.1 Å². The van der Waals surface area contributed by atoms with Crippen molar-refractivity contribution in [2.45, 2.75) is 52.4 Å². The van der Waals surface area contributed by atoms with Crippen LogP contribution < -0.4 is 0 Å². The molecular formula is C72H57N3O. The predicted molar refractivity (Wildman–Crippen MR) is 319 cm³/mol. The molecule has 10 aromatic carbocycles. The van der Waals surface area contributed by atoms with Gasteiger partial charge in [0.2, 0.25) is 0 Å². The number of hydrogen-bond donors (Lipinski definition) is 0. The smallest absolute Gasteiger partial charge is 0.160 e. The fourth-order valence-electron chi connectivity index (χ4n) is 11.0. The Morgan fingerprint density at radius 1 is 0.316 bits per heavy atom. The Morgan fingerprint density at radius 2 is 0.750 bits per heavy atom. The normalized spacial score (nSPS) is 12.1. The Bertz CT molecular complexity index is 4130. The van der Waals surface area contributed by atoms with Crippen LogP contribution in [0.3, 0.4) is 0 Å². The van der Waals surface area contributed by atoms with Gasteiger partial charge in [-0.15, -0.1) is 0 Å². The van der Waals surface area contributed by atoms with Crippen LogP contribution in [0.2, 0.25) is 0 Å². The Balaban J connectivity index is 1.12. The maximum absolute atomic E-state index is 6.45. The van der Waals surface area contributed by atoms with Gasteiger partial charge in [-0.3, -0.25) is 0 Å². The molecule has 0 unspecified atom stereocenters. The quantitative estimate of drug-likeness (QED) is 0.152. The topological polar surface area (TPSA) is 43.9 Å². The van der Waals surface area contributed by atoms with Gasteiger partial charge in [-0.2, -0.15) is 0 Å². The molecule has 0 aliphatic rings. The molecule has 0 amide bonds. The van der Waals surface area contributed by atoms with E-state index in [1.165, 1.54) is 44.2 Å². The lowest BCUT2D eigenvalue weighted by molar-refractivity contribution is 0.590. The summed E-state index contributed by atoms with van der Waals surface area (Å²) in [5.74, 6) is 0.634. The van der Waals surface area contributed by atoms with Crippen molar-refractivity contribution in [3.63, 3.8) is 0 Å². The van der Waals surface area contributed by atoms with Gasteiger partial charge in [-0.25, -0.2) is 9.97 Å². The van der Waals surface area contributed by atoms with Crippen molar-refractivity contribution in [1.82, 2.24) is 14.5 Å². The van der Waals surface area contributed by atoms with Gasteiger partial charge < -0.3 is 8.98 Å². The zero-order valence-electron chi connectivity index (χ0n) is 43.8. The lowest BCUT2D eigenvalue weighted by Crippen LogP contribution is -2.10. The number of rotatable bonds is 8. The maximum atomic E-state index is 6.45. The zero-order chi connectivity index (χ0) is 51.7. The summed E-state index contributed by atoms with van der Waals surface area (Å²) < 4.78 is 8.98. The van der Waals surface area contributed by atoms with Crippen LogP contribution in [0.1, 0.15) is 52.7 Å². The lowest BCUT2D eigenvalue weighted by atomic mass is 9.84. The lowest BCUT2D eigenvalue weighted by Gasteiger charge is -2.23. The van der Waals surface area contributed by atoms with E-state index in [-0.39, 0.29) is 10.8 Å². The van der Waals surface area contributed by atoms with Crippen molar-refractivity contribution >= 4 is 43.7 Å². The molecule has 76 heavy (non-hydrogen) atoms. The van der Waals surface area contributed by atoms with Gasteiger partial charge in [0.1, 0.15) is 11.2 Å². The van der Waals surface area contributed by atoms with Crippen LogP contribution in [0.4, 0.5) is 0 Å². The third-order valence-electron chi connectivity index (χ3n) is 15.2. The van der Waals surface area contributed by atoms with Crippen molar-refractivity contribution < 1.29 is 4.42 Å². The molecule has 0 saturated carbocycles. The summed E-state index contributed by atoms with van der Waals surface area (Å²) in [6.07, 6.45) is 0. The van der Waals surface area contributed by atoms with E-state index in [2.05, 4.69) is 271 Å². The highest BCUT2D eigenvalue weighted by Gasteiger charge is 2.25. The third kappa shape index (κ3) is 8.46. The van der Waals surface area contributed by atoms with E-state index in [1.54, 1.807) is 0 Å². The summed E-state index contributed by atoms with van der Waals surface area (Å²) >= 11 is 0. The molecule has 0 saturated heterocycles. The van der Waals surface area contributed by atoms with Gasteiger partial charge in [-0.1, -0.05) is 217 Å². The van der Waals surface area contributed by atoms with E-state index >= 15 is 0 Å². The fraction of sp³-hybridized carbons (Fsp3) is 0.111. The first-order valence-electron chi connectivity index (χ1n) is 26.4. The van der Waals surface area contributed by atoms with Crippen LogP contribution >= 0.6 is 0 Å². The second-order valence-electron chi connectivity index (χ2n) is 22.2. The monoisotopic (exact) mass is 979 g/mol. The fourth-order valence-corrected chi connectivity index (χ4v) is 11.0. The van der Waals surface area contributed by atoms with Crippen molar-refractivity contribution in [1.29, 1.82) is 0 Å². The molecule has 0 aliphatic heterocycles. The van der Waals surface area contributed by atoms with Crippen LogP contribution in [0.15, 0.2) is 241 Å². The molecule has 366 valence electrons. The second-order valence-corrected chi connectivity index (χ2v) is 22.2. The minimum Gasteiger partial charge on any atom is -0.456 e. The third-order valence-corrected chi connectivity index (χ3v) is 15.2. The van der Waals surface area contributed by atoms with E-state index in [1.807, 2.05) is 12.1 Å². The number of fused-ring (bicyclic) bond motifs is 6. The highest BCUT2D eigenvalue weighted by molar-refractivity contribution is 6.13. The molecular weight excluding hydrogens is 923 g/mol. The molecule has 0 fully saturated rings. The average molecular weight is 980 g/mol. The molecule has 0 N–H and O–H groups in total. The number of para-hydroxylation sites is 1. The second kappa shape index (κ2) is 18.4. The zero-order valence-corrected chi connectivity index (χ0v) is 43.8. The minimum atomic E-state index is -0.0313. The number of furan rings is 1. The van der Waals surface area contributed by atoms with Crippen LogP contribution in [-0.2, 0) is 10.8 Å². The summed E-state index contributed by atoms with van der Waals surface area (Å²) in [5.41, 5.74) is 21.1. The molecule has 4 nitrogen and oxygen atoms in total. The van der Waals surface area contributed by atoms with E-state index in [4.69, 9.17) is 14.4 Å². The predicted octanol–water partition coefficient (Wildman–Crippen LogP) is 19.7. The number of aromatic nitrogens is 3. The molecule has 0 bridgehead atoms. The summed E-state index contributed by atoms with van der Waals surface area (Å²) in [5, 5.41) is 4.55. The highest BCUT2D eigenvalue weighted by atomic mass is 16.3. The van der Waals surface area contributed by atoms with Crippen molar-refractivity contribution in [2.24, 2.45) is 0 Å². The molecule has 13 rings (SSSR count). The minimum absolute atomic E-state index is 0.0313. The van der Waals surface area contributed by atoms with E-state index in [0.717, 1.165) is 89.0 Å². The largest absolute Gasteiger partial charge is 0.456 e. The number of hydrogen-bond acceptors (Lipinski definition) is 3. The highest BCUT2D eigenvalue weighted by Crippen LogP contribution is 2.46. The van der Waals surface area contributed by atoms with Gasteiger partial charge in [0, 0.05) is 49.4 Å². The van der Waals surface area contributed by atoms with Crippen LogP contribution in [0.5, 0.6) is 0 Å². The van der Waals surface area contributed by atoms with E-state index in [9.17, 15) is 0 Å². The SMILES string of the molecule is CC(C)(C)c1ccc(-c2cc(-c3nc(-c4ccccc4)cc(-c4ccc5c(c4)oc4ccccc45)n3)cc(-c3ccc(C(C)(C)C)cc3)c2-n2c3ccc(-c4ccccc4)cc3c3cc(-c4ccccc4)ccc32)cc1. The summed E-state index contributed by atoms with van der Waals surface area (Å²) in [6, 6.07) is 85.7.